The van der Waals surface area contributed by atoms with Crippen molar-refractivity contribution in [3.05, 3.63) is 54.6 Å². The number of benzene rings is 2. The van der Waals surface area contributed by atoms with Gasteiger partial charge in [0.15, 0.2) is 0 Å². The Morgan fingerprint density at radius 1 is 0.786 bits per heavy atom. The molecule has 0 spiro atoms. The van der Waals surface area contributed by atoms with Crippen LogP contribution in [0.2, 0.25) is 0 Å². The number of rotatable bonds is 2. The summed E-state index contributed by atoms with van der Waals surface area (Å²) in [6.45, 7) is 0. The fourth-order valence-corrected chi connectivity index (χ4v) is 1.92. The Bertz CT molecular complexity index is 412. The van der Waals surface area contributed by atoms with Crippen LogP contribution in [-0.4, -0.2) is 22.9 Å². The van der Waals surface area contributed by atoms with Crippen molar-refractivity contribution >= 4 is 22.9 Å². The van der Waals surface area contributed by atoms with Gasteiger partial charge in [0.05, 0.1) is 0 Å². The molecule has 0 aliphatic heterocycles. The van der Waals surface area contributed by atoms with E-state index in [-0.39, 0.29) is 0 Å². The molecule has 0 unspecified atom stereocenters. The first kappa shape index (κ1) is 9.59. The molecular weight excluding hydrogens is 279 g/mol. The van der Waals surface area contributed by atoms with Crippen LogP contribution >= 0.6 is 0 Å². The van der Waals surface area contributed by atoms with Gasteiger partial charge < -0.3 is 0 Å². The molecule has 1 nitrogen and oxygen atoms in total. The molecule has 2 aromatic carbocycles. The average Bonchev–Trinajstić information content (AvgIpc) is 2.30. The van der Waals surface area contributed by atoms with Crippen LogP contribution in [0.4, 0.5) is 0 Å². The molecule has 0 N–H and O–H groups in total. The third-order valence-electron chi connectivity index (χ3n) is 2.08. The second kappa shape index (κ2) is 4.51. The van der Waals surface area contributed by atoms with Gasteiger partial charge in [0.2, 0.25) is 0 Å². The Morgan fingerprint density at radius 2 is 1.43 bits per heavy atom. The topological polar surface area (TPSA) is 9.23 Å². The van der Waals surface area contributed by atoms with Gasteiger partial charge in [-0.2, -0.15) is 0 Å². The summed E-state index contributed by atoms with van der Waals surface area (Å²) in [4.78, 5) is 0. The van der Waals surface area contributed by atoms with Gasteiger partial charge in [-0.3, -0.25) is 0 Å². The number of para-hydroxylation sites is 1. The van der Waals surface area contributed by atoms with Crippen LogP contribution in [0.15, 0.2) is 54.6 Å². The number of hydrogen-bond donors (Lipinski definition) is 0. The molecule has 2 aromatic rings. The maximum atomic E-state index is 5.39. The summed E-state index contributed by atoms with van der Waals surface area (Å²) in [6.07, 6.45) is 0. The number of hydrogen-bond acceptors (Lipinski definition) is 1. The Balaban J connectivity index is 2.51. The summed E-state index contributed by atoms with van der Waals surface area (Å²) in [5, 5.41) is 0. The van der Waals surface area contributed by atoms with E-state index in [4.69, 9.17) is 3.07 Å². The Labute approximate surface area is 97.4 Å². The summed E-state index contributed by atoms with van der Waals surface area (Å²) in [5.74, 6) is 0.955. The Morgan fingerprint density at radius 3 is 2.14 bits per heavy atom. The molecule has 67 valence electrons. The van der Waals surface area contributed by atoms with Crippen LogP contribution in [0, 0.1) is 0 Å². The third kappa shape index (κ3) is 1.93. The second-order valence-electron chi connectivity index (χ2n) is 2.96. The van der Waals surface area contributed by atoms with E-state index in [1.807, 2.05) is 36.4 Å². The van der Waals surface area contributed by atoms with E-state index in [9.17, 15) is 0 Å². The quantitative estimate of drug-likeness (QED) is 0.772. The molecule has 2 rings (SSSR count). The van der Waals surface area contributed by atoms with E-state index in [1.165, 1.54) is 5.56 Å². The van der Waals surface area contributed by atoms with Crippen molar-refractivity contribution in [3.8, 4) is 16.9 Å². The van der Waals surface area contributed by atoms with Crippen molar-refractivity contribution in [2.45, 2.75) is 0 Å². The zero-order valence-corrected chi connectivity index (χ0v) is 10.5. The average molecular weight is 288 g/mol. The van der Waals surface area contributed by atoms with Crippen LogP contribution in [0.5, 0.6) is 5.75 Å². The SMILES string of the molecule is [Sn][O]c1ccccc1-c1ccccc1. The van der Waals surface area contributed by atoms with Crippen molar-refractivity contribution in [1.29, 1.82) is 0 Å². The molecule has 0 amide bonds. The van der Waals surface area contributed by atoms with E-state index < -0.39 is 0 Å². The van der Waals surface area contributed by atoms with Gasteiger partial charge >= 0.3 is 97.5 Å². The van der Waals surface area contributed by atoms with Gasteiger partial charge in [0.1, 0.15) is 0 Å². The molecule has 3 radical (unpaired) electrons. The van der Waals surface area contributed by atoms with E-state index in [2.05, 4.69) is 18.2 Å². The van der Waals surface area contributed by atoms with E-state index >= 15 is 0 Å². The molecule has 0 heterocycles. The van der Waals surface area contributed by atoms with Crippen molar-refractivity contribution in [2.75, 3.05) is 0 Å². The first-order valence-corrected chi connectivity index (χ1v) is 5.56. The van der Waals surface area contributed by atoms with Crippen molar-refractivity contribution in [1.82, 2.24) is 0 Å². The summed E-state index contributed by atoms with van der Waals surface area (Å²) in [5.41, 5.74) is 2.36. The van der Waals surface area contributed by atoms with Crippen molar-refractivity contribution in [3.63, 3.8) is 0 Å². The summed E-state index contributed by atoms with van der Waals surface area (Å²) in [7, 11) is 0. The Hall–Kier alpha value is -0.961. The molecule has 0 atom stereocenters. The van der Waals surface area contributed by atoms with Crippen molar-refractivity contribution in [2.24, 2.45) is 0 Å². The van der Waals surface area contributed by atoms with Gasteiger partial charge in [-0.15, -0.1) is 0 Å². The minimum atomic E-state index is 0.955. The second-order valence-corrected chi connectivity index (χ2v) is 3.55. The van der Waals surface area contributed by atoms with Gasteiger partial charge in [-0.25, -0.2) is 0 Å². The first-order chi connectivity index (χ1) is 6.92. The zero-order chi connectivity index (χ0) is 9.80. The monoisotopic (exact) mass is 289 g/mol. The molecular formula is C12H9OSn. The fraction of sp³-hybridized carbons (Fsp3) is 0. The molecule has 14 heavy (non-hydrogen) atoms. The zero-order valence-electron chi connectivity index (χ0n) is 7.60. The standard InChI is InChI=1S/C12H10O.Sn/c13-12-9-5-4-8-11(12)10-6-2-1-3-7-10;/h1-9,13H;/q;+1/p-1. The molecule has 2 heteroatoms. The molecule has 0 bridgehead atoms. The molecule has 0 saturated carbocycles. The minimum absolute atomic E-state index is 0.955. The van der Waals surface area contributed by atoms with Crippen LogP contribution in [0.3, 0.4) is 0 Å². The first-order valence-electron chi connectivity index (χ1n) is 4.40. The van der Waals surface area contributed by atoms with Crippen LogP contribution in [-0.2, 0) is 0 Å². The molecule has 0 saturated heterocycles. The normalized spacial score (nSPS) is 9.79. The van der Waals surface area contributed by atoms with Crippen molar-refractivity contribution < 1.29 is 3.07 Å². The maximum absolute atomic E-state index is 5.39. The summed E-state index contributed by atoms with van der Waals surface area (Å²) < 4.78 is 5.39. The van der Waals surface area contributed by atoms with Gasteiger partial charge in [0.25, 0.3) is 0 Å². The van der Waals surface area contributed by atoms with E-state index in [0.29, 0.717) is 0 Å². The van der Waals surface area contributed by atoms with E-state index in [0.717, 1.165) is 34.3 Å². The van der Waals surface area contributed by atoms with Crippen LogP contribution < -0.4 is 3.07 Å². The van der Waals surface area contributed by atoms with Crippen LogP contribution in [0.25, 0.3) is 11.1 Å². The fourth-order valence-electron chi connectivity index (χ4n) is 1.41. The Kier molecular flexibility index (Phi) is 3.09. The summed E-state index contributed by atoms with van der Waals surface area (Å²) >= 11 is 1.07. The van der Waals surface area contributed by atoms with Gasteiger partial charge in [0, 0.05) is 0 Å². The van der Waals surface area contributed by atoms with Gasteiger partial charge in [-0.1, -0.05) is 0 Å². The molecule has 0 aliphatic rings. The predicted octanol–water partition coefficient (Wildman–Crippen LogP) is 2.82. The predicted molar refractivity (Wildman–Crippen MR) is 58.3 cm³/mol. The molecule has 0 fully saturated rings. The van der Waals surface area contributed by atoms with E-state index in [1.54, 1.807) is 0 Å². The van der Waals surface area contributed by atoms with Crippen LogP contribution in [0.1, 0.15) is 0 Å². The molecule has 0 aromatic heterocycles. The third-order valence-corrected chi connectivity index (χ3v) is 2.71. The summed E-state index contributed by atoms with van der Waals surface area (Å²) in [6, 6.07) is 18.4. The van der Waals surface area contributed by atoms with Gasteiger partial charge in [-0.05, 0) is 0 Å². The molecule has 0 aliphatic carbocycles.